The van der Waals surface area contributed by atoms with E-state index in [4.69, 9.17) is 12.2 Å². The van der Waals surface area contributed by atoms with E-state index in [0.29, 0.717) is 11.7 Å². The van der Waals surface area contributed by atoms with Crippen LogP contribution in [0.5, 0.6) is 0 Å². The van der Waals surface area contributed by atoms with Crippen molar-refractivity contribution in [2.75, 3.05) is 11.9 Å². The molecule has 5 heteroatoms. The summed E-state index contributed by atoms with van der Waals surface area (Å²) in [6.45, 7) is 6.61. The Kier molecular flexibility index (Phi) is 7.01. The number of carbonyl (C=O) groups is 1. The molecule has 0 fully saturated rings. The third-order valence-corrected chi connectivity index (χ3v) is 3.13. The molecule has 1 atom stereocenters. The minimum atomic E-state index is -0.350. The van der Waals surface area contributed by atoms with E-state index in [2.05, 4.69) is 35.0 Å². The van der Waals surface area contributed by atoms with Crippen LogP contribution in [-0.2, 0) is 11.2 Å². The van der Waals surface area contributed by atoms with E-state index in [1.54, 1.807) is 6.92 Å². The van der Waals surface area contributed by atoms with Crippen LogP contribution in [0, 0.1) is 0 Å². The molecule has 0 unspecified atom stereocenters. The average Bonchev–Trinajstić information content (AvgIpc) is 2.45. The van der Waals surface area contributed by atoms with E-state index in [-0.39, 0.29) is 11.9 Å². The third kappa shape index (κ3) is 5.57. The number of hydrogen-bond acceptors (Lipinski definition) is 2. The first-order valence-electron chi connectivity index (χ1n) is 7.01. The van der Waals surface area contributed by atoms with Crippen LogP contribution in [0.25, 0.3) is 0 Å². The van der Waals surface area contributed by atoms with Gasteiger partial charge in [-0.1, -0.05) is 26.0 Å². The first-order valence-corrected chi connectivity index (χ1v) is 7.41. The summed E-state index contributed by atoms with van der Waals surface area (Å²) >= 11 is 5.20. The molecule has 0 bridgehead atoms. The van der Waals surface area contributed by atoms with Gasteiger partial charge in [0, 0.05) is 12.2 Å². The number of anilines is 1. The predicted octanol–water partition coefficient (Wildman–Crippen LogP) is 2.45. The quantitative estimate of drug-likeness (QED) is 0.705. The average molecular weight is 293 g/mol. The topological polar surface area (TPSA) is 53.2 Å². The van der Waals surface area contributed by atoms with Crippen molar-refractivity contribution in [3.63, 3.8) is 0 Å². The van der Waals surface area contributed by atoms with Crippen molar-refractivity contribution in [1.29, 1.82) is 0 Å². The highest BCUT2D eigenvalue weighted by Crippen LogP contribution is 2.09. The number of carbonyl (C=O) groups excluding carboxylic acids is 1. The highest BCUT2D eigenvalue weighted by Gasteiger charge is 2.12. The van der Waals surface area contributed by atoms with Crippen molar-refractivity contribution in [2.45, 2.75) is 39.7 Å². The predicted molar refractivity (Wildman–Crippen MR) is 87.9 cm³/mol. The maximum atomic E-state index is 11.7. The van der Waals surface area contributed by atoms with Crippen LogP contribution < -0.4 is 16.0 Å². The zero-order valence-electron chi connectivity index (χ0n) is 12.3. The molecule has 0 aromatic heterocycles. The number of aryl methyl sites for hydroxylation is 1. The number of rotatable bonds is 6. The lowest BCUT2D eigenvalue weighted by molar-refractivity contribution is -0.122. The Morgan fingerprint density at radius 2 is 1.90 bits per heavy atom. The van der Waals surface area contributed by atoms with Crippen molar-refractivity contribution in [2.24, 2.45) is 0 Å². The molecule has 20 heavy (non-hydrogen) atoms. The van der Waals surface area contributed by atoms with Crippen molar-refractivity contribution >= 4 is 28.9 Å². The summed E-state index contributed by atoms with van der Waals surface area (Å²) in [7, 11) is 0. The molecule has 0 saturated heterocycles. The molecule has 0 aliphatic heterocycles. The first-order chi connectivity index (χ1) is 9.56. The number of thiocarbonyl (C=S) groups is 1. The molecule has 1 aromatic rings. The minimum Gasteiger partial charge on any atom is -0.354 e. The zero-order valence-corrected chi connectivity index (χ0v) is 13.1. The van der Waals surface area contributed by atoms with E-state index in [1.807, 2.05) is 19.1 Å². The molecule has 0 spiro atoms. The standard InChI is InChI=1S/C15H23N3OS/c1-4-10-16-14(19)11(3)17-15(20)18-13-8-6-12(5-2)7-9-13/h6-9,11H,4-5,10H2,1-3H3,(H,16,19)(H2,17,18,20)/t11-/m1/s1. The molecule has 1 rings (SSSR count). The highest BCUT2D eigenvalue weighted by molar-refractivity contribution is 7.80. The van der Waals surface area contributed by atoms with Gasteiger partial charge in [-0.15, -0.1) is 0 Å². The Bertz CT molecular complexity index is 445. The maximum Gasteiger partial charge on any atom is 0.242 e. The number of amides is 1. The third-order valence-electron chi connectivity index (χ3n) is 2.91. The van der Waals surface area contributed by atoms with Crippen LogP contribution in [0.1, 0.15) is 32.8 Å². The van der Waals surface area contributed by atoms with Crippen molar-refractivity contribution in [1.82, 2.24) is 10.6 Å². The van der Waals surface area contributed by atoms with E-state index in [1.165, 1.54) is 5.56 Å². The second kappa shape index (κ2) is 8.53. The Morgan fingerprint density at radius 3 is 2.45 bits per heavy atom. The second-order valence-corrected chi connectivity index (χ2v) is 5.07. The summed E-state index contributed by atoms with van der Waals surface area (Å²) in [5, 5.41) is 9.33. The Hall–Kier alpha value is -1.62. The van der Waals surface area contributed by atoms with E-state index < -0.39 is 0 Å². The van der Waals surface area contributed by atoms with Crippen LogP contribution in [-0.4, -0.2) is 23.6 Å². The van der Waals surface area contributed by atoms with Crippen molar-refractivity contribution in [3.8, 4) is 0 Å². The largest absolute Gasteiger partial charge is 0.354 e. The lowest BCUT2D eigenvalue weighted by atomic mass is 10.1. The number of nitrogens with one attached hydrogen (secondary N) is 3. The van der Waals surface area contributed by atoms with Crippen LogP contribution in [0.15, 0.2) is 24.3 Å². The smallest absolute Gasteiger partial charge is 0.242 e. The SMILES string of the molecule is CCCNC(=O)[C@@H](C)NC(=S)Nc1ccc(CC)cc1. The normalized spacial score (nSPS) is 11.6. The molecule has 4 nitrogen and oxygen atoms in total. The molecule has 3 N–H and O–H groups in total. The number of hydrogen-bond donors (Lipinski definition) is 3. The molecule has 110 valence electrons. The summed E-state index contributed by atoms with van der Waals surface area (Å²) < 4.78 is 0. The fraction of sp³-hybridized carbons (Fsp3) is 0.467. The fourth-order valence-corrected chi connectivity index (χ4v) is 1.95. The summed E-state index contributed by atoms with van der Waals surface area (Å²) in [5.74, 6) is -0.0441. The Labute approximate surface area is 126 Å². The molecule has 1 amide bonds. The first kappa shape index (κ1) is 16.4. The lowest BCUT2D eigenvalue weighted by Crippen LogP contribution is -2.46. The molecule has 0 saturated carbocycles. The molecule has 0 radical (unpaired) electrons. The van der Waals surface area contributed by atoms with Crippen LogP contribution in [0.3, 0.4) is 0 Å². The van der Waals surface area contributed by atoms with Gasteiger partial charge in [0.25, 0.3) is 0 Å². The highest BCUT2D eigenvalue weighted by atomic mass is 32.1. The van der Waals surface area contributed by atoms with E-state index >= 15 is 0 Å². The van der Waals surface area contributed by atoms with Gasteiger partial charge in [0.2, 0.25) is 5.91 Å². The summed E-state index contributed by atoms with van der Waals surface area (Å²) in [6.07, 6.45) is 1.93. The molecule has 1 aromatic carbocycles. The zero-order chi connectivity index (χ0) is 15.0. The van der Waals surface area contributed by atoms with Crippen molar-refractivity contribution in [3.05, 3.63) is 29.8 Å². The summed E-state index contributed by atoms with van der Waals surface area (Å²) in [6, 6.07) is 7.73. The summed E-state index contributed by atoms with van der Waals surface area (Å²) in [4.78, 5) is 11.7. The minimum absolute atomic E-state index is 0.0441. The van der Waals surface area contributed by atoms with Gasteiger partial charge in [-0.2, -0.15) is 0 Å². The fourth-order valence-electron chi connectivity index (χ4n) is 1.65. The second-order valence-electron chi connectivity index (χ2n) is 4.66. The maximum absolute atomic E-state index is 11.7. The van der Waals surface area contributed by atoms with Gasteiger partial charge < -0.3 is 16.0 Å². The molecule has 0 aliphatic carbocycles. The van der Waals surface area contributed by atoms with Gasteiger partial charge in [0.1, 0.15) is 6.04 Å². The van der Waals surface area contributed by atoms with Gasteiger partial charge in [-0.05, 0) is 49.7 Å². The molecule has 0 heterocycles. The van der Waals surface area contributed by atoms with E-state index in [9.17, 15) is 4.79 Å². The van der Waals surface area contributed by atoms with Gasteiger partial charge in [-0.3, -0.25) is 4.79 Å². The van der Waals surface area contributed by atoms with Crippen molar-refractivity contribution < 1.29 is 4.79 Å². The van der Waals surface area contributed by atoms with Crippen LogP contribution >= 0.6 is 12.2 Å². The lowest BCUT2D eigenvalue weighted by Gasteiger charge is -2.16. The van der Waals surface area contributed by atoms with E-state index in [0.717, 1.165) is 18.5 Å². The van der Waals surface area contributed by atoms with Gasteiger partial charge in [-0.25, -0.2) is 0 Å². The summed E-state index contributed by atoms with van der Waals surface area (Å²) in [5.41, 5.74) is 2.20. The monoisotopic (exact) mass is 293 g/mol. The Morgan fingerprint density at radius 1 is 1.25 bits per heavy atom. The molecular formula is C15H23N3OS. The molecular weight excluding hydrogens is 270 g/mol. The number of benzene rings is 1. The van der Waals surface area contributed by atoms with Gasteiger partial charge >= 0.3 is 0 Å². The Balaban J connectivity index is 2.44. The van der Waals surface area contributed by atoms with Crippen LogP contribution in [0.4, 0.5) is 5.69 Å². The van der Waals surface area contributed by atoms with Gasteiger partial charge in [0.05, 0.1) is 0 Å². The van der Waals surface area contributed by atoms with Gasteiger partial charge in [0.15, 0.2) is 5.11 Å². The molecule has 0 aliphatic rings. The van der Waals surface area contributed by atoms with Crippen LogP contribution in [0.2, 0.25) is 0 Å².